The first-order chi connectivity index (χ1) is 6.66. The fourth-order valence-corrected chi connectivity index (χ4v) is 1.38. The van der Waals surface area contributed by atoms with Crippen LogP contribution in [0.2, 0.25) is 5.02 Å². The summed E-state index contributed by atoms with van der Waals surface area (Å²) in [6.45, 7) is 1.94. The van der Waals surface area contributed by atoms with Crippen molar-refractivity contribution >= 4 is 23.8 Å². The summed E-state index contributed by atoms with van der Waals surface area (Å²) in [5.74, 6) is 0.455. The summed E-state index contributed by atoms with van der Waals surface area (Å²) in [5.41, 5.74) is 1.83. The molecular formula is C9H7ClN2OS. The highest BCUT2D eigenvalue weighted by atomic mass is 35.5. The maximum atomic E-state index is 5.96. The predicted octanol–water partition coefficient (Wildman–Crippen LogP) is 3.36. The van der Waals surface area contributed by atoms with E-state index in [0.717, 1.165) is 11.1 Å². The number of aromatic amines is 1. The lowest BCUT2D eigenvalue weighted by atomic mass is 10.1. The second kappa shape index (κ2) is 3.55. The Bertz CT molecular complexity index is 518. The Hall–Kier alpha value is -1.13. The molecule has 1 heterocycles. The van der Waals surface area contributed by atoms with E-state index >= 15 is 0 Å². The summed E-state index contributed by atoms with van der Waals surface area (Å²) >= 11 is 10.7. The summed E-state index contributed by atoms with van der Waals surface area (Å²) in [6, 6.07) is 5.59. The number of hydrogen-bond donors (Lipinski definition) is 1. The van der Waals surface area contributed by atoms with Gasteiger partial charge in [-0.15, -0.1) is 5.10 Å². The molecule has 72 valence electrons. The Morgan fingerprint density at radius 2 is 2.29 bits per heavy atom. The molecule has 0 amide bonds. The van der Waals surface area contributed by atoms with Gasteiger partial charge in [-0.25, -0.2) is 5.10 Å². The molecule has 3 nitrogen and oxygen atoms in total. The molecule has 1 N–H and O–H groups in total. The highest BCUT2D eigenvalue weighted by Crippen LogP contribution is 2.23. The SMILES string of the molecule is Cc1ccc(-c2n[nH]c(=S)o2)cc1Cl. The topological polar surface area (TPSA) is 41.8 Å². The zero-order chi connectivity index (χ0) is 10.1. The van der Waals surface area contributed by atoms with Crippen molar-refractivity contribution in [2.24, 2.45) is 0 Å². The summed E-state index contributed by atoms with van der Waals surface area (Å²) < 4.78 is 5.15. The molecule has 0 aliphatic carbocycles. The first kappa shape index (κ1) is 9.43. The van der Waals surface area contributed by atoms with Crippen LogP contribution in [0.4, 0.5) is 0 Å². The van der Waals surface area contributed by atoms with Gasteiger partial charge in [0.15, 0.2) is 0 Å². The van der Waals surface area contributed by atoms with Crippen LogP contribution in [0.25, 0.3) is 11.5 Å². The van der Waals surface area contributed by atoms with Crippen LogP contribution in [0, 0.1) is 11.8 Å². The molecule has 2 rings (SSSR count). The lowest BCUT2D eigenvalue weighted by Crippen LogP contribution is -1.80. The molecule has 0 spiro atoms. The summed E-state index contributed by atoms with van der Waals surface area (Å²) in [5, 5.41) is 7.15. The standard InChI is InChI=1S/C9H7ClN2OS/c1-5-2-3-6(4-7(5)10)8-11-12-9(14)13-8/h2-4H,1H3,(H,12,14). The van der Waals surface area contributed by atoms with Gasteiger partial charge >= 0.3 is 0 Å². The van der Waals surface area contributed by atoms with Crippen molar-refractivity contribution in [1.29, 1.82) is 0 Å². The molecule has 2 aromatic rings. The number of nitrogens with zero attached hydrogens (tertiary/aromatic N) is 1. The number of hydrogen-bond acceptors (Lipinski definition) is 3. The molecule has 0 atom stereocenters. The normalized spacial score (nSPS) is 10.4. The van der Waals surface area contributed by atoms with Crippen molar-refractivity contribution in [2.45, 2.75) is 6.92 Å². The average molecular weight is 227 g/mol. The van der Waals surface area contributed by atoms with Gasteiger partial charge in [-0.2, -0.15) is 0 Å². The van der Waals surface area contributed by atoms with E-state index in [1.807, 2.05) is 19.1 Å². The number of rotatable bonds is 1. The monoisotopic (exact) mass is 226 g/mol. The van der Waals surface area contributed by atoms with Crippen LogP contribution < -0.4 is 0 Å². The van der Waals surface area contributed by atoms with Crippen molar-refractivity contribution in [3.63, 3.8) is 0 Å². The number of aryl methyl sites for hydroxylation is 1. The van der Waals surface area contributed by atoms with E-state index in [9.17, 15) is 0 Å². The molecule has 0 radical (unpaired) electrons. The lowest BCUT2D eigenvalue weighted by molar-refractivity contribution is 0.552. The van der Waals surface area contributed by atoms with Crippen LogP contribution in [0.15, 0.2) is 22.6 Å². The van der Waals surface area contributed by atoms with Crippen molar-refractivity contribution in [3.05, 3.63) is 33.6 Å². The van der Waals surface area contributed by atoms with Crippen LogP contribution in [-0.4, -0.2) is 10.2 Å². The smallest absolute Gasteiger partial charge is 0.284 e. The number of aromatic nitrogens is 2. The van der Waals surface area contributed by atoms with E-state index in [1.165, 1.54) is 0 Å². The second-order valence-corrected chi connectivity index (χ2v) is 3.66. The van der Waals surface area contributed by atoms with E-state index in [1.54, 1.807) is 6.07 Å². The highest BCUT2D eigenvalue weighted by molar-refractivity contribution is 7.71. The minimum Gasteiger partial charge on any atom is -0.409 e. The van der Waals surface area contributed by atoms with Crippen LogP contribution in [0.1, 0.15) is 5.56 Å². The summed E-state index contributed by atoms with van der Waals surface area (Å²) in [7, 11) is 0. The molecule has 0 unspecified atom stereocenters. The van der Waals surface area contributed by atoms with Crippen LogP contribution in [0.3, 0.4) is 0 Å². The molecule has 0 aliphatic rings. The van der Waals surface area contributed by atoms with Crippen molar-refractivity contribution < 1.29 is 4.42 Å². The quantitative estimate of drug-likeness (QED) is 0.759. The van der Waals surface area contributed by atoms with Crippen molar-refractivity contribution in [1.82, 2.24) is 10.2 Å². The zero-order valence-electron chi connectivity index (χ0n) is 7.37. The maximum absolute atomic E-state index is 5.96. The lowest BCUT2D eigenvalue weighted by Gasteiger charge is -1.98. The van der Waals surface area contributed by atoms with Crippen molar-refractivity contribution in [3.8, 4) is 11.5 Å². The zero-order valence-corrected chi connectivity index (χ0v) is 8.95. The summed E-state index contributed by atoms with van der Waals surface area (Å²) in [6.07, 6.45) is 0. The Labute approximate surface area is 90.7 Å². The largest absolute Gasteiger partial charge is 0.409 e. The molecule has 0 saturated carbocycles. The Morgan fingerprint density at radius 1 is 1.50 bits per heavy atom. The van der Waals surface area contributed by atoms with E-state index in [4.69, 9.17) is 28.2 Å². The second-order valence-electron chi connectivity index (χ2n) is 2.88. The van der Waals surface area contributed by atoms with Gasteiger partial charge < -0.3 is 4.42 Å². The van der Waals surface area contributed by atoms with E-state index in [2.05, 4.69) is 10.2 Å². The number of benzene rings is 1. The predicted molar refractivity (Wildman–Crippen MR) is 56.9 cm³/mol. The number of H-pyrrole nitrogens is 1. The van der Waals surface area contributed by atoms with E-state index in [0.29, 0.717) is 10.9 Å². The van der Waals surface area contributed by atoms with Crippen molar-refractivity contribution in [2.75, 3.05) is 0 Å². The molecule has 14 heavy (non-hydrogen) atoms. The van der Waals surface area contributed by atoms with Gasteiger partial charge in [0.1, 0.15) is 0 Å². The Kier molecular flexibility index (Phi) is 2.39. The first-order valence-electron chi connectivity index (χ1n) is 3.99. The van der Waals surface area contributed by atoms with Gasteiger partial charge in [-0.05, 0) is 36.8 Å². The Morgan fingerprint density at radius 3 is 2.86 bits per heavy atom. The molecular weight excluding hydrogens is 220 g/mol. The van der Waals surface area contributed by atoms with E-state index in [-0.39, 0.29) is 4.84 Å². The third-order valence-electron chi connectivity index (χ3n) is 1.86. The highest BCUT2D eigenvalue weighted by Gasteiger charge is 2.05. The van der Waals surface area contributed by atoms with Gasteiger partial charge in [0.2, 0.25) is 5.89 Å². The molecule has 5 heteroatoms. The van der Waals surface area contributed by atoms with Gasteiger partial charge in [0.25, 0.3) is 4.84 Å². The third-order valence-corrected chi connectivity index (χ3v) is 2.44. The third kappa shape index (κ3) is 1.71. The maximum Gasteiger partial charge on any atom is 0.284 e. The number of halogens is 1. The van der Waals surface area contributed by atoms with Crippen LogP contribution in [-0.2, 0) is 0 Å². The minimum atomic E-state index is 0.261. The van der Waals surface area contributed by atoms with E-state index < -0.39 is 0 Å². The molecule has 0 fully saturated rings. The van der Waals surface area contributed by atoms with Gasteiger partial charge in [0.05, 0.1) is 0 Å². The van der Waals surface area contributed by atoms with Gasteiger partial charge in [-0.1, -0.05) is 17.7 Å². The fourth-order valence-electron chi connectivity index (χ4n) is 1.08. The molecule has 1 aromatic heterocycles. The van der Waals surface area contributed by atoms with Gasteiger partial charge in [0, 0.05) is 10.6 Å². The fraction of sp³-hybridized carbons (Fsp3) is 0.111. The summed E-state index contributed by atoms with van der Waals surface area (Å²) in [4.78, 5) is 0.261. The molecule has 0 saturated heterocycles. The van der Waals surface area contributed by atoms with Crippen LogP contribution in [0.5, 0.6) is 0 Å². The minimum absolute atomic E-state index is 0.261. The number of nitrogens with one attached hydrogen (secondary N) is 1. The van der Waals surface area contributed by atoms with Crippen LogP contribution >= 0.6 is 23.8 Å². The first-order valence-corrected chi connectivity index (χ1v) is 4.77. The Balaban J connectivity index is 2.52. The average Bonchev–Trinajstić information content (AvgIpc) is 2.57. The van der Waals surface area contributed by atoms with Gasteiger partial charge in [-0.3, -0.25) is 0 Å². The molecule has 0 bridgehead atoms. The molecule has 0 aliphatic heterocycles. The molecule has 1 aromatic carbocycles.